The van der Waals surface area contributed by atoms with Crippen molar-refractivity contribution < 1.29 is 4.79 Å². The molecule has 0 radical (unpaired) electrons. The average molecular weight is 365 g/mol. The molecule has 0 saturated heterocycles. The second kappa shape index (κ2) is 5.80. The Balaban J connectivity index is 1.42. The van der Waals surface area contributed by atoms with Gasteiger partial charge in [0.2, 0.25) is 11.1 Å². The summed E-state index contributed by atoms with van der Waals surface area (Å²) in [6.07, 6.45) is 5.60. The second-order valence-electron chi connectivity index (χ2n) is 6.38. The number of hydrogen-bond donors (Lipinski definition) is 1. The van der Waals surface area contributed by atoms with E-state index in [0.29, 0.717) is 11.5 Å². The standard InChI is InChI=1S/C17H15N7OS/c1-10-6-7-23-14(8-10)20-21-17(23)26-15-5-4-13-18-12(9-24(13)22-15)19-16(25)11-2-3-11/h4-9,11H,2-3H2,1H3,(H,19,25). The van der Waals surface area contributed by atoms with Crippen molar-refractivity contribution in [2.45, 2.75) is 29.9 Å². The number of amides is 1. The molecule has 26 heavy (non-hydrogen) atoms. The van der Waals surface area contributed by atoms with E-state index in [1.54, 1.807) is 10.7 Å². The molecular weight excluding hydrogens is 350 g/mol. The summed E-state index contributed by atoms with van der Waals surface area (Å²) in [5.74, 6) is 0.705. The van der Waals surface area contributed by atoms with Gasteiger partial charge in [0.1, 0.15) is 5.03 Å². The number of rotatable bonds is 4. The van der Waals surface area contributed by atoms with Gasteiger partial charge in [-0.2, -0.15) is 5.10 Å². The molecule has 0 aliphatic heterocycles. The molecule has 4 aromatic rings. The van der Waals surface area contributed by atoms with Crippen molar-refractivity contribution in [1.29, 1.82) is 0 Å². The van der Waals surface area contributed by atoms with Crippen molar-refractivity contribution in [3.63, 3.8) is 0 Å². The Hall–Kier alpha value is -2.94. The Bertz CT molecular complexity index is 1140. The molecule has 8 nitrogen and oxygen atoms in total. The van der Waals surface area contributed by atoms with Crippen molar-refractivity contribution in [2.75, 3.05) is 5.32 Å². The molecule has 0 aromatic carbocycles. The minimum absolute atomic E-state index is 0.0354. The summed E-state index contributed by atoms with van der Waals surface area (Å²) in [7, 11) is 0. The maximum atomic E-state index is 11.9. The number of carbonyl (C=O) groups excluding carboxylic acids is 1. The predicted molar refractivity (Wildman–Crippen MR) is 96.2 cm³/mol. The van der Waals surface area contributed by atoms with Crippen LogP contribution in [0.25, 0.3) is 11.3 Å². The average Bonchev–Trinajstić information content (AvgIpc) is 3.30. The zero-order valence-electron chi connectivity index (χ0n) is 14.0. The predicted octanol–water partition coefficient (Wildman–Crippen LogP) is 2.58. The van der Waals surface area contributed by atoms with E-state index in [1.165, 1.54) is 11.8 Å². The topological polar surface area (TPSA) is 89.5 Å². The summed E-state index contributed by atoms with van der Waals surface area (Å²) in [4.78, 5) is 16.3. The van der Waals surface area contributed by atoms with Crippen molar-refractivity contribution in [3.05, 3.63) is 42.2 Å². The van der Waals surface area contributed by atoms with Crippen LogP contribution in [0.2, 0.25) is 0 Å². The Labute approximate surface area is 152 Å². The van der Waals surface area contributed by atoms with E-state index < -0.39 is 0 Å². The Morgan fingerprint density at radius 3 is 2.96 bits per heavy atom. The molecule has 1 fully saturated rings. The number of hydrogen-bond acceptors (Lipinski definition) is 6. The van der Waals surface area contributed by atoms with E-state index in [1.807, 2.05) is 41.8 Å². The molecule has 130 valence electrons. The zero-order valence-corrected chi connectivity index (χ0v) is 14.8. The van der Waals surface area contributed by atoms with Crippen molar-refractivity contribution >= 4 is 34.8 Å². The van der Waals surface area contributed by atoms with Crippen molar-refractivity contribution in [1.82, 2.24) is 29.2 Å². The largest absolute Gasteiger partial charge is 0.309 e. The Morgan fingerprint density at radius 2 is 2.12 bits per heavy atom. The quantitative estimate of drug-likeness (QED) is 0.598. The maximum Gasteiger partial charge on any atom is 0.228 e. The number of imidazole rings is 1. The second-order valence-corrected chi connectivity index (χ2v) is 7.37. The molecule has 0 unspecified atom stereocenters. The first-order chi connectivity index (χ1) is 12.7. The van der Waals surface area contributed by atoms with E-state index in [9.17, 15) is 4.79 Å². The molecule has 1 aliphatic rings. The van der Waals surface area contributed by atoms with Gasteiger partial charge in [-0.25, -0.2) is 9.50 Å². The smallest absolute Gasteiger partial charge is 0.228 e. The molecule has 0 bridgehead atoms. The highest BCUT2D eigenvalue weighted by Crippen LogP contribution is 2.30. The highest BCUT2D eigenvalue weighted by atomic mass is 32.2. The molecule has 9 heteroatoms. The van der Waals surface area contributed by atoms with Gasteiger partial charge in [0.15, 0.2) is 17.1 Å². The molecule has 1 saturated carbocycles. The molecule has 5 rings (SSSR count). The van der Waals surface area contributed by atoms with Crippen molar-refractivity contribution in [2.24, 2.45) is 5.92 Å². The summed E-state index contributed by atoms with van der Waals surface area (Å²) in [5, 5.41) is 17.3. The minimum Gasteiger partial charge on any atom is -0.309 e. The summed E-state index contributed by atoms with van der Waals surface area (Å²) in [6.45, 7) is 2.02. The minimum atomic E-state index is 0.0354. The van der Waals surface area contributed by atoms with Crippen LogP contribution in [0.15, 0.2) is 46.8 Å². The number of nitrogens with zero attached hydrogens (tertiary/aromatic N) is 6. The molecule has 1 N–H and O–H groups in total. The molecule has 4 aromatic heterocycles. The fraction of sp³-hybridized carbons (Fsp3) is 0.235. The summed E-state index contributed by atoms with van der Waals surface area (Å²) >= 11 is 1.42. The third kappa shape index (κ3) is 2.80. The number of aromatic nitrogens is 6. The maximum absolute atomic E-state index is 11.9. The van der Waals surface area contributed by atoms with Crippen LogP contribution in [0.1, 0.15) is 18.4 Å². The lowest BCUT2D eigenvalue weighted by atomic mass is 10.3. The van der Waals surface area contributed by atoms with E-state index in [0.717, 1.165) is 34.2 Å². The number of anilines is 1. The zero-order chi connectivity index (χ0) is 17.7. The lowest BCUT2D eigenvalue weighted by Crippen LogP contribution is -2.13. The summed E-state index contributed by atoms with van der Waals surface area (Å²) < 4.78 is 3.59. The molecule has 0 spiro atoms. The number of carbonyl (C=O) groups is 1. The van der Waals surface area contributed by atoms with Gasteiger partial charge in [-0.15, -0.1) is 10.2 Å². The van der Waals surface area contributed by atoms with Gasteiger partial charge in [0.05, 0.1) is 6.20 Å². The van der Waals surface area contributed by atoms with Gasteiger partial charge in [-0.3, -0.25) is 9.20 Å². The Kier molecular flexibility index (Phi) is 3.42. The normalized spacial score (nSPS) is 14.2. The lowest BCUT2D eigenvalue weighted by Gasteiger charge is -2.00. The van der Waals surface area contributed by atoms with Crippen molar-refractivity contribution in [3.8, 4) is 0 Å². The van der Waals surface area contributed by atoms with E-state index >= 15 is 0 Å². The van der Waals surface area contributed by atoms with Crippen LogP contribution in [0.4, 0.5) is 5.82 Å². The molecular formula is C17H15N7OS. The van der Waals surface area contributed by atoms with Crippen LogP contribution in [-0.4, -0.2) is 35.1 Å². The molecule has 1 aliphatic carbocycles. The fourth-order valence-corrected chi connectivity index (χ4v) is 3.47. The molecule has 0 atom stereocenters. The first kappa shape index (κ1) is 15.3. The monoisotopic (exact) mass is 365 g/mol. The highest BCUT2D eigenvalue weighted by Gasteiger charge is 2.30. The number of nitrogens with one attached hydrogen (secondary N) is 1. The Morgan fingerprint density at radius 1 is 1.23 bits per heavy atom. The van der Waals surface area contributed by atoms with Crippen LogP contribution < -0.4 is 5.32 Å². The van der Waals surface area contributed by atoms with Gasteiger partial charge in [-0.1, -0.05) is 0 Å². The first-order valence-electron chi connectivity index (χ1n) is 8.32. The third-order valence-electron chi connectivity index (χ3n) is 4.23. The summed E-state index contributed by atoms with van der Waals surface area (Å²) in [6, 6.07) is 7.75. The number of pyridine rings is 1. The van der Waals surface area contributed by atoms with Gasteiger partial charge in [0.25, 0.3) is 0 Å². The number of fused-ring (bicyclic) bond motifs is 2. The van der Waals surface area contributed by atoms with E-state index in [-0.39, 0.29) is 11.8 Å². The molecule has 1 amide bonds. The van der Waals surface area contributed by atoms with E-state index in [2.05, 4.69) is 25.6 Å². The van der Waals surface area contributed by atoms with Crippen LogP contribution in [0.5, 0.6) is 0 Å². The van der Waals surface area contributed by atoms with Crippen LogP contribution in [0, 0.1) is 12.8 Å². The van der Waals surface area contributed by atoms with Gasteiger partial charge in [0, 0.05) is 12.1 Å². The van der Waals surface area contributed by atoms with Gasteiger partial charge in [-0.05, 0) is 61.4 Å². The van der Waals surface area contributed by atoms with Gasteiger partial charge < -0.3 is 5.32 Å². The van der Waals surface area contributed by atoms with Crippen LogP contribution in [0.3, 0.4) is 0 Å². The molecule has 4 heterocycles. The fourth-order valence-electron chi connectivity index (χ4n) is 2.69. The SMILES string of the molecule is Cc1ccn2c(Sc3ccc4nc(NC(=O)C5CC5)cn4n3)nnc2c1. The van der Waals surface area contributed by atoms with Crippen LogP contribution in [-0.2, 0) is 4.79 Å². The third-order valence-corrected chi connectivity index (χ3v) is 5.11. The number of aryl methyl sites for hydroxylation is 1. The lowest BCUT2D eigenvalue weighted by molar-refractivity contribution is -0.117. The van der Waals surface area contributed by atoms with Crippen LogP contribution >= 0.6 is 11.8 Å². The van der Waals surface area contributed by atoms with Gasteiger partial charge >= 0.3 is 0 Å². The highest BCUT2D eigenvalue weighted by molar-refractivity contribution is 7.99. The van der Waals surface area contributed by atoms with E-state index in [4.69, 9.17) is 0 Å². The first-order valence-corrected chi connectivity index (χ1v) is 9.14. The summed E-state index contributed by atoms with van der Waals surface area (Å²) in [5.41, 5.74) is 2.63.